The van der Waals surface area contributed by atoms with E-state index in [0.717, 1.165) is 6.08 Å². The summed E-state index contributed by atoms with van der Waals surface area (Å²) in [6, 6.07) is 6.11. The van der Waals surface area contributed by atoms with Crippen molar-refractivity contribution in [3.05, 3.63) is 35.9 Å². The summed E-state index contributed by atoms with van der Waals surface area (Å²) in [5.74, 6) is -0.580. The standard InChI is InChI=1S/C12H14O5/c13-7-11(16)12(17)10(15)6-3-8-1-4-9(14)5-2-8/h1-6,11-14,16-17H,7H2/b6-3-. The van der Waals surface area contributed by atoms with E-state index in [-0.39, 0.29) is 5.75 Å². The molecule has 92 valence electrons. The summed E-state index contributed by atoms with van der Waals surface area (Å²) in [4.78, 5) is 11.3. The molecule has 0 radical (unpaired) electrons. The van der Waals surface area contributed by atoms with Gasteiger partial charge in [-0.3, -0.25) is 4.79 Å². The zero-order valence-electron chi connectivity index (χ0n) is 9.02. The van der Waals surface area contributed by atoms with Gasteiger partial charge in [0.25, 0.3) is 0 Å². The van der Waals surface area contributed by atoms with E-state index in [9.17, 15) is 9.90 Å². The summed E-state index contributed by atoms with van der Waals surface area (Å²) in [5.41, 5.74) is 0.668. The van der Waals surface area contributed by atoms with E-state index in [1.807, 2.05) is 0 Å². The maximum absolute atomic E-state index is 11.3. The maximum atomic E-state index is 11.3. The van der Waals surface area contributed by atoms with Crippen molar-refractivity contribution >= 4 is 11.9 Å². The Bertz CT molecular complexity index is 396. The fraction of sp³-hybridized carbons (Fsp3) is 0.250. The van der Waals surface area contributed by atoms with E-state index in [2.05, 4.69) is 0 Å². The van der Waals surface area contributed by atoms with Crippen molar-refractivity contribution in [1.82, 2.24) is 0 Å². The number of aromatic hydroxyl groups is 1. The van der Waals surface area contributed by atoms with Crippen LogP contribution >= 0.6 is 0 Å². The molecule has 5 nitrogen and oxygen atoms in total. The first kappa shape index (κ1) is 13.4. The summed E-state index contributed by atoms with van der Waals surface area (Å²) in [6.07, 6.45) is -0.564. The highest BCUT2D eigenvalue weighted by atomic mass is 16.4. The fourth-order valence-electron chi connectivity index (χ4n) is 1.15. The van der Waals surface area contributed by atoms with Gasteiger partial charge in [0, 0.05) is 0 Å². The number of carbonyl (C=O) groups excluding carboxylic acids is 1. The van der Waals surface area contributed by atoms with Gasteiger partial charge >= 0.3 is 0 Å². The number of benzene rings is 1. The van der Waals surface area contributed by atoms with Crippen molar-refractivity contribution in [2.24, 2.45) is 0 Å². The van der Waals surface area contributed by atoms with E-state index < -0.39 is 24.6 Å². The molecule has 1 aromatic carbocycles. The Labute approximate surface area is 98.3 Å². The zero-order chi connectivity index (χ0) is 12.8. The second-order valence-corrected chi connectivity index (χ2v) is 3.52. The van der Waals surface area contributed by atoms with Crippen molar-refractivity contribution in [3.8, 4) is 5.75 Å². The summed E-state index contributed by atoms with van der Waals surface area (Å²) in [6.45, 7) is -0.681. The van der Waals surface area contributed by atoms with Gasteiger partial charge in [-0.15, -0.1) is 0 Å². The molecule has 0 aliphatic rings. The molecule has 2 atom stereocenters. The molecule has 0 bridgehead atoms. The number of hydrogen-bond acceptors (Lipinski definition) is 5. The number of carbonyl (C=O) groups is 1. The normalized spacial score (nSPS) is 14.8. The van der Waals surface area contributed by atoms with Crippen molar-refractivity contribution in [2.75, 3.05) is 6.61 Å². The van der Waals surface area contributed by atoms with E-state index >= 15 is 0 Å². The number of phenolic OH excluding ortho intramolecular Hbond substituents is 1. The third-order valence-corrected chi connectivity index (χ3v) is 2.18. The van der Waals surface area contributed by atoms with E-state index in [0.29, 0.717) is 5.56 Å². The molecule has 4 N–H and O–H groups in total. The summed E-state index contributed by atoms with van der Waals surface area (Å²) in [7, 11) is 0. The Balaban J connectivity index is 2.65. The van der Waals surface area contributed by atoms with E-state index in [4.69, 9.17) is 15.3 Å². The smallest absolute Gasteiger partial charge is 0.186 e. The molecule has 5 heteroatoms. The lowest BCUT2D eigenvalue weighted by molar-refractivity contribution is -0.129. The van der Waals surface area contributed by atoms with Gasteiger partial charge in [-0.1, -0.05) is 18.2 Å². The van der Waals surface area contributed by atoms with Crippen molar-refractivity contribution in [2.45, 2.75) is 12.2 Å². The average Bonchev–Trinajstić information content (AvgIpc) is 2.35. The third-order valence-electron chi connectivity index (χ3n) is 2.18. The van der Waals surface area contributed by atoms with Crippen molar-refractivity contribution < 1.29 is 25.2 Å². The molecule has 0 aliphatic heterocycles. The number of ketones is 1. The van der Waals surface area contributed by atoms with Gasteiger partial charge in [0.15, 0.2) is 5.78 Å². The van der Waals surface area contributed by atoms with E-state index in [1.165, 1.54) is 18.2 Å². The number of phenols is 1. The minimum atomic E-state index is -1.63. The molecule has 0 spiro atoms. The quantitative estimate of drug-likeness (QED) is 0.527. The average molecular weight is 238 g/mol. The molecule has 0 aromatic heterocycles. The molecule has 1 rings (SSSR count). The van der Waals surface area contributed by atoms with Crippen LogP contribution in [0.4, 0.5) is 0 Å². The zero-order valence-corrected chi connectivity index (χ0v) is 9.02. The number of rotatable bonds is 5. The van der Waals surface area contributed by atoms with E-state index in [1.54, 1.807) is 12.1 Å². The third kappa shape index (κ3) is 3.99. The maximum Gasteiger partial charge on any atom is 0.186 e. The van der Waals surface area contributed by atoms with Crippen molar-refractivity contribution in [3.63, 3.8) is 0 Å². The highest BCUT2D eigenvalue weighted by Gasteiger charge is 2.20. The number of hydrogen-bond donors (Lipinski definition) is 4. The number of aliphatic hydroxyl groups is 3. The van der Waals surface area contributed by atoms with Gasteiger partial charge < -0.3 is 20.4 Å². The van der Waals surface area contributed by atoms with Gasteiger partial charge in [0.05, 0.1) is 6.61 Å². The lowest BCUT2D eigenvalue weighted by Gasteiger charge is -2.11. The topological polar surface area (TPSA) is 98.0 Å². The van der Waals surface area contributed by atoms with Gasteiger partial charge in [-0.25, -0.2) is 0 Å². The second kappa shape index (κ2) is 6.15. The molecule has 0 saturated heterocycles. The van der Waals surface area contributed by atoms with Gasteiger partial charge in [-0.05, 0) is 23.8 Å². The first-order valence-corrected chi connectivity index (χ1v) is 5.02. The Morgan fingerprint density at radius 2 is 1.82 bits per heavy atom. The molecular formula is C12H14O5. The molecule has 1 aromatic rings. The molecule has 0 aliphatic carbocycles. The van der Waals surface area contributed by atoms with Crippen LogP contribution in [0.1, 0.15) is 5.56 Å². The minimum Gasteiger partial charge on any atom is -0.508 e. The minimum absolute atomic E-state index is 0.115. The number of aliphatic hydroxyl groups excluding tert-OH is 3. The van der Waals surface area contributed by atoms with Gasteiger partial charge in [0.1, 0.15) is 18.0 Å². The lowest BCUT2D eigenvalue weighted by Crippen LogP contribution is -2.35. The van der Waals surface area contributed by atoms with Crippen LogP contribution in [0.5, 0.6) is 5.75 Å². The first-order chi connectivity index (χ1) is 8.04. The summed E-state index contributed by atoms with van der Waals surface area (Å²) in [5, 5.41) is 35.9. The Morgan fingerprint density at radius 1 is 1.24 bits per heavy atom. The van der Waals surface area contributed by atoms with Crippen molar-refractivity contribution in [1.29, 1.82) is 0 Å². The van der Waals surface area contributed by atoms with Crippen LogP contribution in [0.2, 0.25) is 0 Å². The summed E-state index contributed by atoms with van der Waals surface area (Å²) < 4.78 is 0. The van der Waals surface area contributed by atoms with Crippen LogP contribution in [0.25, 0.3) is 6.08 Å². The Morgan fingerprint density at radius 3 is 2.35 bits per heavy atom. The highest BCUT2D eigenvalue weighted by Crippen LogP contribution is 2.11. The second-order valence-electron chi connectivity index (χ2n) is 3.52. The Kier molecular flexibility index (Phi) is 4.84. The molecule has 17 heavy (non-hydrogen) atoms. The van der Waals surface area contributed by atoms with Crippen LogP contribution < -0.4 is 0 Å². The molecule has 0 saturated carbocycles. The Hall–Kier alpha value is -1.69. The molecule has 0 amide bonds. The van der Waals surface area contributed by atoms with Crippen LogP contribution in [0.3, 0.4) is 0 Å². The first-order valence-electron chi connectivity index (χ1n) is 5.02. The molecular weight excluding hydrogens is 224 g/mol. The fourth-order valence-corrected chi connectivity index (χ4v) is 1.15. The van der Waals surface area contributed by atoms with Crippen LogP contribution in [0, 0.1) is 0 Å². The summed E-state index contributed by atoms with van der Waals surface area (Å²) >= 11 is 0. The molecule has 2 unspecified atom stereocenters. The van der Waals surface area contributed by atoms with Gasteiger partial charge in [0.2, 0.25) is 0 Å². The van der Waals surface area contributed by atoms with Gasteiger partial charge in [-0.2, -0.15) is 0 Å². The van der Waals surface area contributed by atoms with Crippen LogP contribution in [-0.2, 0) is 4.79 Å². The molecule has 0 fully saturated rings. The largest absolute Gasteiger partial charge is 0.508 e. The lowest BCUT2D eigenvalue weighted by atomic mass is 10.1. The monoisotopic (exact) mass is 238 g/mol. The predicted molar refractivity (Wildman–Crippen MR) is 61.2 cm³/mol. The predicted octanol–water partition coefficient (Wildman–Crippen LogP) is -0.311. The SMILES string of the molecule is O=C(/C=C\c1ccc(O)cc1)C(O)C(O)CO. The highest BCUT2D eigenvalue weighted by molar-refractivity contribution is 5.97. The van der Waals surface area contributed by atoms with Crippen LogP contribution in [-0.4, -0.2) is 45.0 Å². The van der Waals surface area contributed by atoms with Crippen LogP contribution in [0.15, 0.2) is 30.3 Å². The molecule has 0 heterocycles.